The van der Waals surface area contributed by atoms with Crippen molar-refractivity contribution in [1.29, 1.82) is 0 Å². The maximum absolute atomic E-state index is 12.4. The van der Waals surface area contributed by atoms with Crippen LogP contribution < -0.4 is 15.1 Å². The number of piperidine rings is 3. The van der Waals surface area contributed by atoms with Gasteiger partial charge in [-0.2, -0.15) is 0 Å². The molecule has 9 aliphatic rings. The highest BCUT2D eigenvalue weighted by molar-refractivity contribution is 9.10. The number of fused-ring (bicyclic) bond motifs is 6. The second-order valence-electron chi connectivity index (χ2n) is 33.3. The molecule has 566 valence electrons. The monoisotopic (exact) mass is 1520 g/mol. The van der Waals surface area contributed by atoms with E-state index >= 15 is 0 Å². The van der Waals surface area contributed by atoms with Crippen LogP contribution in [0.4, 0.5) is 11.4 Å². The largest absolute Gasteiger partial charge is 0.478 e. The standard InChI is InChI=1S/C31H36N2O4.C27H28N2O4.C20H24N2O2.C11H13BrO2/c1-19-7-5-6-8-25(19)28-26(29(37-32-28)20-9-10-20)18-35-27-16-24-15-22(27)17-33(24)23-13-11-21(12-14-23)30(34)36-31(2,3)4;1-16-4-2-3-5-22(16)25-23(26(33-28-25)17-6-7-17)15-32-24-13-21-12-19(24)14-29(21)20-10-8-18(9-11-20)27(30)31;1-12-4-2-3-5-16(12)19-17(20(24-22-19)13-6-7-13)11-23-18-9-15-8-14(18)10-21-15;1-11(2,3)14-10(13)8-4-6-9(12)7-5-8/h5-8,11-14,20,22,24,27H,9-10,15-18H2,1-4H3;2-5,8-11,17,19,21,24H,6-7,12-15H2,1H3,(H,30,31);2-5,13-15,18,21H,6-11H2,1H3;4-7H,1-3H3/t22-,24-,27+;19-,21-,24+;14-,15-,18+;/m000./s1. The molecule has 0 spiro atoms. The Hall–Kier alpha value is -8.72. The van der Waals surface area contributed by atoms with Gasteiger partial charge in [-0.05, 0) is 235 Å². The van der Waals surface area contributed by atoms with Gasteiger partial charge in [-0.3, -0.25) is 0 Å². The van der Waals surface area contributed by atoms with E-state index < -0.39 is 17.2 Å². The molecule has 6 bridgehead atoms. The number of ether oxygens (including phenoxy) is 5. The minimum atomic E-state index is -0.887. The number of esters is 2. The number of carbonyl (C=O) groups is 3. The van der Waals surface area contributed by atoms with Gasteiger partial charge < -0.3 is 57.5 Å². The number of anilines is 2. The molecule has 6 aliphatic carbocycles. The third kappa shape index (κ3) is 17.3. The van der Waals surface area contributed by atoms with Crippen LogP contribution in [0.1, 0.15) is 218 Å². The molecule has 0 radical (unpaired) electrons. The van der Waals surface area contributed by atoms with Gasteiger partial charge in [-0.25, -0.2) is 14.4 Å². The summed E-state index contributed by atoms with van der Waals surface area (Å²) in [7, 11) is 0. The van der Waals surface area contributed by atoms with Crippen LogP contribution in [0.15, 0.2) is 164 Å². The molecule has 2 N–H and O–H groups in total. The molecule has 19 heteroatoms. The summed E-state index contributed by atoms with van der Waals surface area (Å²) in [6.45, 7) is 22.3. The number of hydrogen-bond acceptors (Lipinski definition) is 17. The van der Waals surface area contributed by atoms with Crippen LogP contribution in [-0.4, -0.2) is 106 Å². The molecule has 6 heterocycles. The van der Waals surface area contributed by atoms with Gasteiger partial charge in [0.15, 0.2) is 0 Å². The van der Waals surface area contributed by atoms with Gasteiger partial charge in [0.2, 0.25) is 0 Å². The molecular weight excluding hydrogens is 1420 g/mol. The van der Waals surface area contributed by atoms with Crippen molar-refractivity contribution in [3.63, 3.8) is 0 Å². The summed E-state index contributed by atoms with van der Waals surface area (Å²) in [6.07, 6.45) is 14.7. The third-order valence-electron chi connectivity index (χ3n) is 22.8. The fourth-order valence-electron chi connectivity index (χ4n) is 16.8. The number of benzene rings is 6. The topological polar surface area (TPSA) is 214 Å². The zero-order chi connectivity index (χ0) is 75.1. The van der Waals surface area contributed by atoms with Gasteiger partial charge in [0.1, 0.15) is 45.6 Å². The number of aryl methyl sites for hydroxylation is 3. The first-order valence-electron chi connectivity index (χ1n) is 38.9. The summed E-state index contributed by atoms with van der Waals surface area (Å²) in [6, 6.07) is 48.8. The van der Waals surface area contributed by atoms with E-state index in [2.05, 4.69) is 128 Å². The van der Waals surface area contributed by atoms with Crippen molar-refractivity contribution in [3.8, 4) is 33.8 Å². The quantitative estimate of drug-likeness (QED) is 0.0679. The number of nitrogens with zero attached hydrogens (tertiary/aromatic N) is 5. The molecule has 18 nitrogen and oxygen atoms in total. The van der Waals surface area contributed by atoms with Crippen molar-refractivity contribution in [2.75, 3.05) is 29.4 Å². The summed E-state index contributed by atoms with van der Waals surface area (Å²) in [5.74, 6) is 4.84. The molecule has 108 heavy (non-hydrogen) atoms. The molecule has 3 saturated heterocycles. The number of halogens is 1. The highest BCUT2D eigenvalue weighted by Crippen LogP contribution is 2.50. The number of rotatable bonds is 20. The highest BCUT2D eigenvalue weighted by Gasteiger charge is 2.48. The Morgan fingerprint density at radius 2 is 0.815 bits per heavy atom. The van der Waals surface area contributed by atoms with Gasteiger partial charge in [0.05, 0.1) is 54.8 Å². The maximum atomic E-state index is 12.4. The van der Waals surface area contributed by atoms with E-state index in [1.165, 1.54) is 72.8 Å². The lowest BCUT2D eigenvalue weighted by Gasteiger charge is -2.33. The van der Waals surface area contributed by atoms with Crippen molar-refractivity contribution >= 4 is 45.2 Å². The lowest BCUT2D eigenvalue weighted by atomic mass is 10.0. The molecule has 9 aromatic rings. The van der Waals surface area contributed by atoms with Gasteiger partial charge in [-0.15, -0.1) is 0 Å². The van der Waals surface area contributed by atoms with Crippen molar-refractivity contribution < 1.29 is 56.7 Å². The second kappa shape index (κ2) is 31.7. The molecule has 0 unspecified atom stereocenters. The Balaban J connectivity index is 0.000000121. The van der Waals surface area contributed by atoms with Crippen molar-refractivity contribution in [3.05, 3.63) is 217 Å². The minimum absolute atomic E-state index is 0.233. The van der Waals surface area contributed by atoms with E-state index in [1.807, 2.05) is 102 Å². The summed E-state index contributed by atoms with van der Waals surface area (Å²) in [4.78, 5) is 39.9. The number of aromatic nitrogens is 3. The van der Waals surface area contributed by atoms with Gasteiger partial charge in [-0.1, -0.05) is 104 Å². The highest BCUT2D eigenvalue weighted by atomic mass is 79.9. The average Bonchev–Trinajstić information content (AvgIpc) is 1.63. The Labute approximate surface area is 642 Å². The molecular formula is C89H101BrN6O12. The zero-order valence-electron chi connectivity index (χ0n) is 63.6. The SMILES string of the molecule is CC(C)(C)OC(=O)c1ccc(Br)cc1.Cc1ccccc1-c1noc(C2CC2)c1CO[C@@H]1C[C@@H]2C[C@H]1CN2.Cc1ccccc1-c1noc(C2CC2)c1CO[C@@H]1C[C@@H]2C[C@H]1CN2c1ccc(C(=O)O)cc1.Cc1ccccc1-c1noc(C2CC2)c1CO[C@@H]1C[C@@H]2C[C@H]1CN2c1ccc(C(=O)OC(C)(C)C)cc1. The number of carbonyl (C=O) groups excluding carboxylic acids is 2. The Morgan fingerprint density at radius 1 is 0.463 bits per heavy atom. The molecule has 18 rings (SSSR count). The first-order chi connectivity index (χ1) is 52.0. The Morgan fingerprint density at radius 3 is 1.12 bits per heavy atom. The van der Waals surface area contributed by atoms with Crippen molar-refractivity contribution in [1.82, 2.24) is 20.8 Å². The lowest BCUT2D eigenvalue weighted by molar-refractivity contribution is 0.00570. The van der Waals surface area contributed by atoms with Crippen LogP contribution in [0.2, 0.25) is 0 Å². The average molecular weight is 1530 g/mol. The smallest absolute Gasteiger partial charge is 0.338 e. The van der Waals surface area contributed by atoms with Gasteiger partial charge in [0.25, 0.3) is 0 Å². The summed E-state index contributed by atoms with van der Waals surface area (Å²) >= 11 is 3.30. The van der Waals surface area contributed by atoms with E-state index in [-0.39, 0.29) is 24.1 Å². The van der Waals surface area contributed by atoms with Gasteiger partial charge in [0, 0.05) is 117 Å². The predicted octanol–water partition coefficient (Wildman–Crippen LogP) is 19.3. The van der Waals surface area contributed by atoms with Crippen LogP contribution in [0.25, 0.3) is 33.8 Å². The van der Waals surface area contributed by atoms with Crippen LogP contribution in [-0.2, 0) is 43.5 Å². The molecule has 9 atom stereocenters. The van der Waals surface area contributed by atoms with E-state index in [1.54, 1.807) is 24.3 Å². The van der Waals surface area contributed by atoms with E-state index in [0.29, 0.717) is 96.2 Å². The lowest BCUT2D eigenvalue weighted by Crippen LogP contribution is -2.38. The number of carboxylic acids is 1. The fourth-order valence-corrected chi connectivity index (χ4v) is 17.1. The fraction of sp³-hybridized carbons (Fsp3) is 0.461. The second-order valence-corrected chi connectivity index (χ2v) is 34.2. The number of hydrogen-bond donors (Lipinski definition) is 2. The third-order valence-corrected chi connectivity index (χ3v) is 23.4. The molecule has 9 fully saturated rings. The predicted molar refractivity (Wildman–Crippen MR) is 418 cm³/mol. The summed E-state index contributed by atoms with van der Waals surface area (Å²) in [5, 5.41) is 26.1. The molecule has 6 saturated carbocycles. The normalized spacial score (nSPS) is 23.0. The molecule has 0 amide bonds. The number of aromatic carboxylic acids is 1. The first-order valence-corrected chi connectivity index (χ1v) is 39.7. The number of nitrogens with one attached hydrogen (secondary N) is 1. The number of carboxylic acid groups (broad SMARTS) is 1. The Kier molecular flexibility index (Phi) is 21.9. The Bertz CT molecular complexity index is 4660. The first kappa shape index (κ1) is 74.7. The van der Waals surface area contributed by atoms with Crippen LogP contribution in [0.3, 0.4) is 0 Å². The molecule has 3 aromatic heterocycles. The minimum Gasteiger partial charge on any atom is -0.478 e. The molecule has 6 aromatic carbocycles. The zero-order valence-corrected chi connectivity index (χ0v) is 65.2. The van der Waals surface area contributed by atoms with E-state index in [9.17, 15) is 14.4 Å². The van der Waals surface area contributed by atoms with Crippen LogP contribution in [0.5, 0.6) is 0 Å². The summed E-state index contributed by atoms with van der Waals surface area (Å²) < 4.78 is 48.6. The summed E-state index contributed by atoms with van der Waals surface area (Å²) in [5.41, 5.74) is 16.2. The maximum Gasteiger partial charge on any atom is 0.338 e. The van der Waals surface area contributed by atoms with Crippen molar-refractivity contribution in [2.45, 2.75) is 225 Å². The van der Waals surface area contributed by atoms with Gasteiger partial charge >= 0.3 is 17.9 Å². The van der Waals surface area contributed by atoms with E-state index in [0.717, 1.165) is 124 Å². The van der Waals surface area contributed by atoms with Crippen molar-refractivity contribution in [2.24, 2.45) is 17.8 Å². The van der Waals surface area contributed by atoms with Crippen LogP contribution >= 0.6 is 15.9 Å². The van der Waals surface area contributed by atoms with Crippen LogP contribution in [0, 0.1) is 38.5 Å². The van der Waals surface area contributed by atoms with E-state index in [4.69, 9.17) is 42.4 Å². The molecule has 3 aliphatic heterocycles.